The summed E-state index contributed by atoms with van der Waals surface area (Å²) in [7, 11) is -6.65. The zero-order chi connectivity index (χ0) is 17.3. The van der Waals surface area contributed by atoms with Crippen LogP contribution in [-0.4, -0.2) is 35.4 Å². The van der Waals surface area contributed by atoms with Crippen LogP contribution in [0.15, 0.2) is 0 Å². The summed E-state index contributed by atoms with van der Waals surface area (Å²) in [6.07, 6.45) is 0. The highest BCUT2D eigenvalue weighted by atomic mass is 31.2. The van der Waals surface area contributed by atoms with Gasteiger partial charge in [0.25, 0.3) is 0 Å². The summed E-state index contributed by atoms with van der Waals surface area (Å²) in [4.78, 5) is 12.3. The Labute approximate surface area is 131 Å². The van der Waals surface area contributed by atoms with Crippen molar-refractivity contribution in [2.24, 2.45) is 5.41 Å². The van der Waals surface area contributed by atoms with E-state index >= 15 is 0 Å². The Balaban J connectivity index is 5.95. The quantitative estimate of drug-likeness (QED) is 0.400. The molecule has 0 amide bonds. The minimum atomic E-state index is -3.62. The Hall–Kier alpha value is 0.0538. The molecule has 0 radical (unpaired) electrons. The third kappa shape index (κ3) is 7.24. The number of ether oxygens (including phenoxy) is 1. The molecule has 0 rings (SSSR count). The standard InChI is InChI=1S/C13H31O5PSi2/c1-13(2,3)11(12(14)16-4)19(15,17-20(5,6)7)18-21(8,9)10/h11H,1-10H3. The molecule has 0 fully saturated rings. The van der Waals surface area contributed by atoms with Crippen molar-refractivity contribution in [2.75, 3.05) is 7.11 Å². The molecular formula is C13H31O5PSi2. The Morgan fingerprint density at radius 3 is 1.48 bits per heavy atom. The highest BCUT2D eigenvalue weighted by molar-refractivity contribution is 7.59. The second-order valence-electron chi connectivity index (χ2n) is 8.24. The molecule has 0 aliphatic carbocycles. The topological polar surface area (TPSA) is 61.8 Å². The normalized spacial score (nSPS) is 15.7. The number of hydrogen-bond donors (Lipinski definition) is 0. The predicted octanol–water partition coefficient (Wildman–Crippen LogP) is 4.47. The smallest absolute Gasteiger partial charge is 0.326 e. The van der Waals surface area contributed by atoms with Crippen LogP contribution in [-0.2, 0) is 22.5 Å². The second-order valence-corrected chi connectivity index (χ2v) is 19.7. The van der Waals surface area contributed by atoms with Gasteiger partial charge in [-0.05, 0) is 44.7 Å². The average Bonchev–Trinajstić information content (AvgIpc) is 2.07. The summed E-state index contributed by atoms with van der Waals surface area (Å²) in [5.41, 5.74) is -1.50. The summed E-state index contributed by atoms with van der Waals surface area (Å²) in [5, 5.41) is 0. The first-order chi connectivity index (χ1) is 9.02. The van der Waals surface area contributed by atoms with E-state index in [1.165, 1.54) is 7.11 Å². The molecule has 0 aromatic carbocycles. The fourth-order valence-electron chi connectivity index (χ4n) is 1.96. The molecule has 0 aliphatic rings. The van der Waals surface area contributed by atoms with Crippen molar-refractivity contribution in [1.82, 2.24) is 0 Å². The van der Waals surface area contributed by atoms with E-state index in [0.29, 0.717) is 0 Å². The summed E-state index contributed by atoms with van der Waals surface area (Å²) in [5.74, 6) is -0.540. The summed E-state index contributed by atoms with van der Waals surface area (Å²) in [6, 6.07) is 0. The summed E-state index contributed by atoms with van der Waals surface area (Å²) >= 11 is 0. The van der Waals surface area contributed by atoms with Crippen LogP contribution in [0.5, 0.6) is 0 Å². The molecule has 0 bridgehead atoms. The van der Waals surface area contributed by atoms with Gasteiger partial charge in [0, 0.05) is 0 Å². The van der Waals surface area contributed by atoms with Gasteiger partial charge in [-0.25, -0.2) is 0 Å². The Kier molecular flexibility index (Phi) is 6.68. The van der Waals surface area contributed by atoms with Gasteiger partial charge in [-0.2, -0.15) is 0 Å². The highest BCUT2D eigenvalue weighted by Crippen LogP contribution is 2.61. The second kappa shape index (κ2) is 6.66. The number of esters is 1. The van der Waals surface area contributed by atoms with Gasteiger partial charge in [0.15, 0.2) is 22.3 Å². The number of carbonyl (C=O) groups is 1. The van der Waals surface area contributed by atoms with E-state index in [-0.39, 0.29) is 0 Å². The molecule has 8 heteroatoms. The van der Waals surface area contributed by atoms with E-state index in [1.807, 2.05) is 60.1 Å². The van der Waals surface area contributed by atoms with Crippen LogP contribution in [0.4, 0.5) is 0 Å². The minimum Gasteiger partial charge on any atom is -0.468 e. The van der Waals surface area contributed by atoms with E-state index in [9.17, 15) is 9.36 Å². The van der Waals surface area contributed by atoms with Crippen molar-refractivity contribution < 1.29 is 22.5 Å². The van der Waals surface area contributed by atoms with Crippen molar-refractivity contribution in [3.05, 3.63) is 0 Å². The molecule has 0 aromatic heterocycles. The fraction of sp³-hybridized carbons (Fsp3) is 0.923. The van der Waals surface area contributed by atoms with Gasteiger partial charge in [-0.15, -0.1) is 0 Å². The first kappa shape index (κ1) is 21.1. The molecule has 0 saturated carbocycles. The van der Waals surface area contributed by atoms with E-state index in [4.69, 9.17) is 13.2 Å². The molecule has 5 nitrogen and oxygen atoms in total. The van der Waals surface area contributed by atoms with Gasteiger partial charge in [0.05, 0.1) is 7.11 Å². The van der Waals surface area contributed by atoms with Crippen LogP contribution in [0.1, 0.15) is 20.8 Å². The predicted molar refractivity (Wildman–Crippen MR) is 91.7 cm³/mol. The van der Waals surface area contributed by atoms with E-state index in [1.54, 1.807) is 0 Å². The Morgan fingerprint density at radius 1 is 0.952 bits per heavy atom. The molecule has 0 N–H and O–H groups in total. The molecule has 0 spiro atoms. The number of methoxy groups -OCH3 is 1. The van der Waals surface area contributed by atoms with Crippen molar-refractivity contribution >= 4 is 30.2 Å². The number of rotatable bonds is 6. The van der Waals surface area contributed by atoms with Crippen LogP contribution in [0, 0.1) is 5.41 Å². The van der Waals surface area contributed by atoms with Crippen LogP contribution in [0.3, 0.4) is 0 Å². The van der Waals surface area contributed by atoms with E-state index in [2.05, 4.69) is 0 Å². The van der Waals surface area contributed by atoms with Crippen molar-refractivity contribution in [1.29, 1.82) is 0 Å². The van der Waals surface area contributed by atoms with Crippen LogP contribution in [0.25, 0.3) is 0 Å². The maximum atomic E-state index is 13.5. The highest BCUT2D eigenvalue weighted by Gasteiger charge is 2.52. The van der Waals surface area contributed by atoms with Crippen molar-refractivity contribution in [2.45, 2.75) is 65.7 Å². The molecule has 0 saturated heterocycles. The van der Waals surface area contributed by atoms with E-state index < -0.39 is 41.3 Å². The molecule has 126 valence electrons. The van der Waals surface area contributed by atoms with Crippen LogP contribution >= 0.6 is 7.60 Å². The van der Waals surface area contributed by atoms with E-state index in [0.717, 1.165) is 0 Å². The average molecular weight is 355 g/mol. The molecular weight excluding hydrogens is 323 g/mol. The van der Waals surface area contributed by atoms with Gasteiger partial charge < -0.3 is 13.2 Å². The third-order valence-electron chi connectivity index (χ3n) is 2.36. The molecule has 0 heterocycles. The number of hydrogen-bond acceptors (Lipinski definition) is 5. The van der Waals surface area contributed by atoms with Crippen molar-refractivity contribution in [3.8, 4) is 0 Å². The molecule has 1 atom stereocenters. The molecule has 1 unspecified atom stereocenters. The van der Waals surface area contributed by atoms with Crippen LogP contribution in [0.2, 0.25) is 39.3 Å². The third-order valence-corrected chi connectivity index (χ3v) is 10.4. The number of carbonyl (C=O) groups excluding carboxylic acids is 1. The molecule has 21 heavy (non-hydrogen) atoms. The first-order valence-electron chi connectivity index (χ1n) is 7.11. The Bertz CT molecular complexity index is 398. The summed E-state index contributed by atoms with van der Waals surface area (Å²) < 4.78 is 30.2. The Morgan fingerprint density at radius 2 is 1.29 bits per heavy atom. The lowest BCUT2D eigenvalue weighted by Crippen LogP contribution is -2.42. The first-order valence-corrected chi connectivity index (χ1v) is 15.5. The maximum Gasteiger partial charge on any atom is 0.326 e. The van der Waals surface area contributed by atoms with Crippen LogP contribution < -0.4 is 0 Å². The van der Waals surface area contributed by atoms with Gasteiger partial charge in [0.2, 0.25) is 0 Å². The molecule has 0 aromatic rings. The maximum absolute atomic E-state index is 13.5. The molecule has 0 aliphatic heterocycles. The minimum absolute atomic E-state index is 0.540. The fourth-order valence-corrected chi connectivity index (χ4v) is 10.7. The lowest BCUT2D eigenvalue weighted by molar-refractivity contribution is -0.142. The largest absolute Gasteiger partial charge is 0.468 e. The van der Waals surface area contributed by atoms with Gasteiger partial charge in [-0.3, -0.25) is 9.36 Å². The zero-order valence-corrected chi connectivity index (χ0v) is 18.0. The van der Waals surface area contributed by atoms with Gasteiger partial charge in [-0.1, -0.05) is 20.8 Å². The summed E-state index contributed by atoms with van der Waals surface area (Å²) in [6.45, 7) is 17.2. The van der Waals surface area contributed by atoms with Gasteiger partial charge >= 0.3 is 13.6 Å². The zero-order valence-electron chi connectivity index (χ0n) is 15.1. The lowest BCUT2D eigenvalue weighted by atomic mass is 9.92. The SMILES string of the molecule is COC(=O)C(C(C)(C)C)P(=O)(O[Si](C)(C)C)O[Si](C)(C)C. The van der Waals surface area contributed by atoms with Gasteiger partial charge in [0.1, 0.15) is 0 Å². The van der Waals surface area contributed by atoms with Crippen molar-refractivity contribution in [3.63, 3.8) is 0 Å². The lowest BCUT2D eigenvalue weighted by Gasteiger charge is -2.39. The monoisotopic (exact) mass is 354 g/mol.